The zero-order valence-corrected chi connectivity index (χ0v) is 42.1. The van der Waals surface area contributed by atoms with E-state index >= 15 is 0 Å². The molecule has 0 heterocycles. The number of carbonyl (C=O) groups excluding carboxylic acids is 1. The van der Waals surface area contributed by atoms with Crippen LogP contribution in [0.15, 0.2) is 60.8 Å². The third-order valence-corrected chi connectivity index (χ3v) is 12.2. The Kier molecular flexibility index (Phi) is 49.1. The molecular formula is C54H99O9P. The van der Waals surface area contributed by atoms with Crippen molar-refractivity contribution in [1.82, 2.24) is 0 Å². The summed E-state index contributed by atoms with van der Waals surface area (Å²) in [7, 11) is -4.53. The highest BCUT2D eigenvalue weighted by Crippen LogP contribution is 2.43. The van der Waals surface area contributed by atoms with Crippen LogP contribution < -0.4 is 0 Å². The maximum atomic E-state index is 12.7. The number of hydrogen-bond acceptors (Lipinski definition) is 8. The molecule has 0 fully saturated rings. The molecule has 0 rings (SSSR count). The first-order chi connectivity index (χ1) is 31.3. The summed E-state index contributed by atoms with van der Waals surface area (Å²) in [4.78, 5) is 22.7. The Morgan fingerprint density at radius 3 is 1.33 bits per heavy atom. The lowest BCUT2D eigenvalue weighted by molar-refractivity contribution is -0.154. The Labute approximate surface area is 393 Å². The highest BCUT2D eigenvalue weighted by molar-refractivity contribution is 7.47. The molecule has 9 nitrogen and oxygen atoms in total. The Balaban J connectivity index is 4.08. The summed E-state index contributed by atoms with van der Waals surface area (Å²) in [5.74, 6) is -0.411. The van der Waals surface area contributed by atoms with Gasteiger partial charge in [-0.25, -0.2) is 4.57 Å². The van der Waals surface area contributed by atoms with Crippen LogP contribution in [0.3, 0.4) is 0 Å². The first-order valence-corrected chi connectivity index (χ1v) is 27.8. The summed E-state index contributed by atoms with van der Waals surface area (Å²) in [6.07, 6.45) is 60.6. The lowest BCUT2D eigenvalue weighted by Crippen LogP contribution is -2.29. The molecule has 0 aliphatic heterocycles. The summed E-state index contributed by atoms with van der Waals surface area (Å²) in [6, 6.07) is 0. The minimum atomic E-state index is -4.53. The van der Waals surface area contributed by atoms with Gasteiger partial charge in [0.25, 0.3) is 0 Å². The molecule has 10 heteroatoms. The van der Waals surface area contributed by atoms with Crippen molar-refractivity contribution in [2.24, 2.45) is 0 Å². The van der Waals surface area contributed by atoms with Crippen molar-refractivity contribution in [3.63, 3.8) is 0 Å². The molecule has 374 valence electrons. The van der Waals surface area contributed by atoms with Crippen molar-refractivity contribution in [2.75, 3.05) is 33.0 Å². The molecule has 0 saturated carbocycles. The fourth-order valence-electron chi connectivity index (χ4n) is 7.27. The molecule has 3 unspecified atom stereocenters. The summed E-state index contributed by atoms with van der Waals surface area (Å²) in [5.41, 5.74) is 0. The van der Waals surface area contributed by atoms with E-state index in [0.717, 1.165) is 70.6 Å². The number of ether oxygens (including phenoxy) is 2. The first kappa shape index (κ1) is 62.2. The lowest BCUT2D eigenvalue weighted by atomic mass is 10.0. The largest absolute Gasteiger partial charge is 0.472 e. The van der Waals surface area contributed by atoms with Crippen molar-refractivity contribution in [3.8, 4) is 0 Å². The van der Waals surface area contributed by atoms with Crippen molar-refractivity contribution >= 4 is 13.8 Å². The van der Waals surface area contributed by atoms with Crippen LogP contribution in [0.25, 0.3) is 0 Å². The fourth-order valence-corrected chi connectivity index (χ4v) is 8.06. The quantitative estimate of drug-likeness (QED) is 0.0236. The van der Waals surface area contributed by atoms with E-state index in [-0.39, 0.29) is 13.0 Å². The number of aliphatic hydroxyl groups excluding tert-OH is 2. The Hall–Kier alpha value is -1.84. The number of carbonyl (C=O) groups is 1. The van der Waals surface area contributed by atoms with Crippen LogP contribution in [-0.4, -0.2) is 66.3 Å². The van der Waals surface area contributed by atoms with Crippen molar-refractivity contribution in [3.05, 3.63) is 60.8 Å². The predicted octanol–water partition coefficient (Wildman–Crippen LogP) is 15.5. The molecule has 0 saturated heterocycles. The molecule has 0 amide bonds. The lowest BCUT2D eigenvalue weighted by Gasteiger charge is -2.20. The zero-order valence-electron chi connectivity index (χ0n) is 41.2. The smallest absolute Gasteiger partial charge is 0.457 e. The average Bonchev–Trinajstić information content (AvgIpc) is 3.29. The molecule has 0 bridgehead atoms. The topological polar surface area (TPSA) is 132 Å². The maximum absolute atomic E-state index is 12.7. The number of allylic oxidation sites excluding steroid dienone is 10. The van der Waals surface area contributed by atoms with Crippen LogP contribution in [0.1, 0.15) is 232 Å². The molecule has 0 aliphatic rings. The monoisotopic (exact) mass is 923 g/mol. The molecule has 0 spiro atoms. The van der Waals surface area contributed by atoms with Gasteiger partial charge in [0.2, 0.25) is 0 Å². The first-order valence-electron chi connectivity index (χ1n) is 26.3. The van der Waals surface area contributed by atoms with Gasteiger partial charge in [-0.1, -0.05) is 229 Å². The van der Waals surface area contributed by atoms with Crippen LogP contribution in [-0.2, 0) is 27.9 Å². The van der Waals surface area contributed by atoms with E-state index in [2.05, 4.69) is 74.6 Å². The Morgan fingerprint density at radius 2 is 0.891 bits per heavy atom. The summed E-state index contributed by atoms with van der Waals surface area (Å²) in [6.45, 7) is 3.40. The number of rotatable bonds is 50. The Morgan fingerprint density at radius 1 is 0.500 bits per heavy atom. The van der Waals surface area contributed by atoms with Gasteiger partial charge < -0.3 is 24.6 Å². The average molecular weight is 923 g/mol. The van der Waals surface area contributed by atoms with E-state index in [9.17, 15) is 19.4 Å². The highest BCUT2D eigenvalue weighted by atomic mass is 31.2. The van der Waals surface area contributed by atoms with E-state index in [1.54, 1.807) is 0 Å². The van der Waals surface area contributed by atoms with Gasteiger partial charge in [-0.15, -0.1) is 0 Å². The van der Waals surface area contributed by atoms with E-state index in [1.807, 2.05) is 0 Å². The molecule has 3 N–H and O–H groups in total. The summed E-state index contributed by atoms with van der Waals surface area (Å²) in [5, 5.41) is 18.4. The molecule has 0 aromatic heterocycles. The number of unbranched alkanes of at least 4 members (excludes halogenated alkanes) is 26. The SMILES string of the molecule is CC/C=C\C/C=C\C/C=C\C/C=C\C/C=C\CCCCCC(=O)OC(COCCCCCCCCCCCCCCCCCCCCCCCCCC)COP(=O)(O)OCC(O)CO. The zero-order chi connectivity index (χ0) is 46.7. The van der Waals surface area contributed by atoms with E-state index in [0.29, 0.717) is 13.0 Å². The van der Waals surface area contributed by atoms with E-state index < -0.39 is 45.8 Å². The number of aliphatic hydroxyl groups is 2. The Bertz CT molecular complexity index is 1180. The molecule has 0 aliphatic carbocycles. The molecule has 3 atom stereocenters. The molecule has 0 radical (unpaired) electrons. The van der Waals surface area contributed by atoms with Gasteiger partial charge in [0.05, 0.1) is 26.4 Å². The van der Waals surface area contributed by atoms with Crippen LogP contribution in [0.4, 0.5) is 0 Å². The number of phosphoric acid groups is 1. The highest BCUT2D eigenvalue weighted by Gasteiger charge is 2.26. The van der Waals surface area contributed by atoms with Gasteiger partial charge >= 0.3 is 13.8 Å². The van der Waals surface area contributed by atoms with Gasteiger partial charge in [0.1, 0.15) is 12.2 Å². The third-order valence-electron chi connectivity index (χ3n) is 11.2. The van der Waals surface area contributed by atoms with Crippen LogP contribution in [0.5, 0.6) is 0 Å². The molecule has 0 aromatic rings. The van der Waals surface area contributed by atoms with Gasteiger partial charge in [-0.05, 0) is 57.8 Å². The summed E-state index contributed by atoms with van der Waals surface area (Å²) >= 11 is 0. The predicted molar refractivity (Wildman–Crippen MR) is 270 cm³/mol. The van der Waals surface area contributed by atoms with Crippen molar-refractivity contribution in [2.45, 2.75) is 244 Å². The molecular weight excluding hydrogens is 824 g/mol. The van der Waals surface area contributed by atoms with Crippen LogP contribution >= 0.6 is 7.82 Å². The van der Waals surface area contributed by atoms with Crippen molar-refractivity contribution < 1.29 is 43.0 Å². The van der Waals surface area contributed by atoms with Gasteiger partial charge in [-0.2, -0.15) is 0 Å². The normalized spacial score (nSPS) is 14.3. The minimum Gasteiger partial charge on any atom is -0.457 e. The second kappa shape index (κ2) is 50.6. The second-order valence-corrected chi connectivity index (χ2v) is 19.0. The minimum absolute atomic E-state index is 0.0361. The fraction of sp³-hybridized carbons (Fsp3) is 0.796. The number of phosphoric ester groups is 1. The van der Waals surface area contributed by atoms with Gasteiger partial charge in [0.15, 0.2) is 0 Å². The van der Waals surface area contributed by atoms with Crippen LogP contribution in [0, 0.1) is 0 Å². The second-order valence-electron chi connectivity index (χ2n) is 17.5. The molecule has 64 heavy (non-hydrogen) atoms. The van der Waals surface area contributed by atoms with E-state index in [4.69, 9.17) is 23.6 Å². The van der Waals surface area contributed by atoms with Crippen LogP contribution in [0.2, 0.25) is 0 Å². The number of esters is 1. The van der Waals surface area contributed by atoms with Gasteiger partial charge in [-0.3, -0.25) is 13.8 Å². The third kappa shape index (κ3) is 49.6. The molecule has 0 aromatic carbocycles. The number of hydrogen-bond donors (Lipinski definition) is 3. The van der Waals surface area contributed by atoms with Crippen molar-refractivity contribution in [1.29, 1.82) is 0 Å². The standard InChI is InChI=1S/C54H99O9P/c1-3-5-7-9-11-13-15-17-19-21-23-24-25-26-27-29-31-33-35-37-39-41-43-45-47-60-50-53(51-62-64(58,59)61-49-52(56)48-55)63-54(57)46-44-42-40-38-36-34-32-30-28-22-20-18-16-14-12-10-8-6-4-2/h6,8,12,14,18,20,28,30,34,36,52-53,55-56H,3-5,7,9-11,13,15-17,19,21-27,29,31-33,35,37-51H2,1-2H3,(H,58,59)/b8-6-,14-12-,20-18-,30-28-,36-34-. The van der Waals surface area contributed by atoms with E-state index in [1.165, 1.54) is 135 Å². The van der Waals surface area contributed by atoms with Gasteiger partial charge in [0, 0.05) is 13.0 Å². The maximum Gasteiger partial charge on any atom is 0.472 e. The summed E-state index contributed by atoms with van der Waals surface area (Å²) < 4.78 is 33.5.